The van der Waals surface area contributed by atoms with Gasteiger partial charge in [-0.3, -0.25) is 4.79 Å². The molecule has 3 aromatic carbocycles. The number of halogens is 7. The fourth-order valence-electron chi connectivity index (χ4n) is 4.20. The fraction of sp³-hybridized carbons (Fsp3) is 0.222. The molecule has 1 aliphatic rings. The Morgan fingerprint density at radius 1 is 0.900 bits per heavy atom. The average molecular weight is 564 g/mol. The molecule has 40 heavy (non-hydrogen) atoms. The zero-order valence-electron chi connectivity index (χ0n) is 20.8. The van der Waals surface area contributed by atoms with Crippen molar-refractivity contribution in [3.63, 3.8) is 0 Å². The summed E-state index contributed by atoms with van der Waals surface area (Å²) in [6, 6.07) is 10.2. The summed E-state index contributed by atoms with van der Waals surface area (Å²) in [4.78, 5) is 28.2. The lowest BCUT2D eigenvalue weighted by molar-refractivity contribution is -0.138. The quantitative estimate of drug-likeness (QED) is 0.262. The minimum Gasteiger partial charge on any atom is -0.355 e. The highest BCUT2D eigenvalue weighted by atomic mass is 19.4. The first-order valence-corrected chi connectivity index (χ1v) is 11.5. The Balaban J connectivity index is 1.74. The number of carbonyl (C=O) groups is 2. The predicted molar refractivity (Wildman–Crippen MR) is 130 cm³/mol. The van der Waals surface area contributed by atoms with Gasteiger partial charge in [0.15, 0.2) is 0 Å². The Hall–Kier alpha value is -4.60. The van der Waals surface area contributed by atoms with E-state index in [-0.39, 0.29) is 16.9 Å². The van der Waals surface area contributed by atoms with Crippen molar-refractivity contribution in [2.75, 3.05) is 10.2 Å². The number of amides is 3. The number of nitriles is 1. The zero-order chi connectivity index (χ0) is 29.6. The molecule has 0 bridgehead atoms. The molecule has 0 radical (unpaired) electrons. The molecule has 0 saturated carbocycles. The van der Waals surface area contributed by atoms with Crippen molar-refractivity contribution in [1.82, 2.24) is 4.90 Å². The largest absolute Gasteiger partial charge is 0.417 e. The van der Waals surface area contributed by atoms with Crippen molar-refractivity contribution in [3.8, 4) is 6.07 Å². The summed E-state index contributed by atoms with van der Waals surface area (Å²) < 4.78 is 94.2. The number of nitrogens with one attached hydrogen (secondary N) is 1. The third-order valence-electron chi connectivity index (χ3n) is 6.40. The molecule has 6 nitrogen and oxygen atoms in total. The van der Waals surface area contributed by atoms with Gasteiger partial charge in [-0.05, 0) is 74.0 Å². The Kier molecular flexibility index (Phi) is 7.00. The average Bonchev–Trinajstić information content (AvgIpc) is 3.03. The maximum Gasteiger partial charge on any atom is 0.417 e. The third kappa shape index (κ3) is 5.29. The van der Waals surface area contributed by atoms with Gasteiger partial charge in [-0.15, -0.1) is 0 Å². The summed E-state index contributed by atoms with van der Waals surface area (Å²) in [5.41, 5.74) is -4.79. The van der Waals surface area contributed by atoms with Crippen molar-refractivity contribution in [2.45, 2.75) is 38.3 Å². The number of urea groups is 1. The van der Waals surface area contributed by atoms with Crippen LogP contribution in [0.3, 0.4) is 0 Å². The van der Waals surface area contributed by atoms with Gasteiger partial charge in [-0.25, -0.2) is 14.1 Å². The molecule has 0 spiro atoms. The Labute approximate surface area is 223 Å². The Morgan fingerprint density at radius 2 is 1.55 bits per heavy atom. The monoisotopic (exact) mass is 564 g/mol. The predicted octanol–water partition coefficient (Wildman–Crippen LogP) is 7.23. The number of rotatable bonds is 5. The van der Waals surface area contributed by atoms with Gasteiger partial charge in [-0.2, -0.15) is 31.6 Å². The number of nitrogens with zero attached hydrogens (tertiary/aromatic N) is 3. The maximum absolute atomic E-state index is 13.5. The van der Waals surface area contributed by atoms with Crippen molar-refractivity contribution < 1.29 is 40.3 Å². The lowest BCUT2D eigenvalue weighted by atomic mass is 10.0. The van der Waals surface area contributed by atoms with Gasteiger partial charge in [-0.1, -0.05) is 6.07 Å². The van der Waals surface area contributed by atoms with Crippen LogP contribution in [-0.2, 0) is 23.7 Å². The van der Waals surface area contributed by atoms with Crippen LogP contribution in [0, 0.1) is 17.1 Å². The second-order valence-corrected chi connectivity index (χ2v) is 9.41. The summed E-state index contributed by atoms with van der Waals surface area (Å²) in [5.74, 6) is -1.45. The molecule has 1 N–H and O–H groups in total. The number of carbonyl (C=O) groups excluding carboxylic acids is 2. The van der Waals surface area contributed by atoms with Crippen molar-refractivity contribution >= 4 is 29.0 Å². The van der Waals surface area contributed by atoms with Crippen LogP contribution < -0.4 is 10.2 Å². The molecule has 13 heteroatoms. The molecule has 0 unspecified atom stereocenters. The van der Waals surface area contributed by atoms with E-state index < -0.39 is 64.6 Å². The van der Waals surface area contributed by atoms with Crippen LogP contribution in [0.15, 0.2) is 60.7 Å². The number of hydrogen-bond acceptors (Lipinski definition) is 4. The van der Waals surface area contributed by atoms with E-state index in [0.29, 0.717) is 11.0 Å². The first-order valence-electron chi connectivity index (χ1n) is 11.5. The van der Waals surface area contributed by atoms with E-state index in [1.807, 2.05) is 0 Å². The van der Waals surface area contributed by atoms with E-state index in [9.17, 15) is 40.3 Å². The summed E-state index contributed by atoms with van der Waals surface area (Å²) in [6.07, 6.45) is -9.65. The highest BCUT2D eigenvalue weighted by Gasteiger charge is 2.52. The number of benzene rings is 3. The van der Waals surface area contributed by atoms with Crippen molar-refractivity contribution in [1.29, 1.82) is 5.26 Å². The standard InChI is InChI=1S/C27H19F7N4O2/c1-25(2)23(39)38(20-10-4-15(13-35)21(12-20)27(32,33)34)24(40)37(25)14-16-3-5-17(26(29,30)31)11-22(16)36-19-8-6-18(28)7-9-19/h3-12,36H,14H2,1-2H3. The molecule has 0 atom stereocenters. The van der Waals surface area contributed by atoms with Crippen LogP contribution in [0.25, 0.3) is 0 Å². The molecule has 1 saturated heterocycles. The fourth-order valence-corrected chi connectivity index (χ4v) is 4.20. The minimum absolute atomic E-state index is 0.0892. The third-order valence-corrected chi connectivity index (χ3v) is 6.40. The maximum atomic E-state index is 13.5. The first kappa shape index (κ1) is 28.4. The van der Waals surface area contributed by atoms with E-state index in [1.165, 1.54) is 32.0 Å². The van der Waals surface area contributed by atoms with E-state index >= 15 is 0 Å². The number of hydrogen-bond donors (Lipinski definition) is 1. The molecule has 0 aromatic heterocycles. The molecule has 0 aliphatic carbocycles. The van der Waals surface area contributed by atoms with Gasteiger partial charge in [0.25, 0.3) is 5.91 Å². The van der Waals surface area contributed by atoms with Crippen LogP contribution in [0.5, 0.6) is 0 Å². The van der Waals surface area contributed by atoms with Crippen molar-refractivity contribution in [2.24, 2.45) is 0 Å². The molecule has 1 aliphatic heterocycles. The second-order valence-electron chi connectivity index (χ2n) is 9.41. The van der Waals surface area contributed by atoms with Crippen LogP contribution in [0.2, 0.25) is 0 Å². The normalized spacial score (nSPS) is 15.4. The van der Waals surface area contributed by atoms with Crippen LogP contribution in [0.4, 0.5) is 52.6 Å². The molecule has 3 amide bonds. The van der Waals surface area contributed by atoms with Gasteiger partial charge in [0.1, 0.15) is 11.4 Å². The molecule has 3 aromatic rings. The van der Waals surface area contributed by atoms with Gasteiger partial charge in [0, 0.05) is 11.4 Å². The molecular formula is C27H19F7N4O2. The zero-order valence-corrected chi connectivity index (χ0v) is 20.8. The summed E-state index contributed by atoms with van der Waals surface area (Å²) in [7, 11) is 0. The smallest absolute Gasteiger partial charge is 0.355 e. The lowest BCUT2D eigenvalue weighted by Crippen LogP contribution is -2.43. The first-order chi connectivity index (χ1) is 18.5. The van der Waals surface area contributed by atoms with Gasteiger partial charge < -0.3 is 10.2 Å². The molecule has 1 fully saturated rings. The van der Waals surface area contributed by atoms with Gasteiger partial charge >= 0.3 is 18.4 Å². The van der Waals surface area contributed by atoms with Crippen molar-refractivity contribution in [3.05, 3.63) is 88.7 Å². The minimum atomic E-state index is -4.94. The van der Waals surface area contributed by atoms with E-state index in [1.54, 1.807) is 0 Å². The lowest BCUT2D eigenvalue weighted by Gasteiger charge is -2.29. The van der Waals surface area contributed by atoms with Crippen LogP contribution >= 0.6 is 0 Å². The van der Waals surface area contributed by atoms with E-state index in [2.05, 4.69) is 5.32 Å². The Morgan fingerprint density at radius 3 is 2.12 bits per heavy atom. The highest BCUT2D eigenvalue weighted by Crippen LogP contribution is 2.40. The van der Waals surface area contributed by atoms with Gasteiger partial charge in [0.2, 0.25) is 0 Å². The number of anilines is 3. The van der Waals surface area contributed by atoms with E-state index in [4.69, 9.17) is 5.26 Å². The molecule has 1 heterocycles. The summed E-state index contributed by atoms with van der Waals surface area (Å²) in [5, 5.41) is 11.8. The molecule has 208 valence electrons. The highest BCUT2D eigenvalue weighted by molar-refractivity contribution is 6.23. The molecular weight excluding hydrogens is 545 g/mol. The van der Waals surface area contributed by atoms with Crippen LogP contribution in [0.1, 0.15) is 36.1 Å². The van der Waals surface area contributed by atoms with E-state index in [0.717, 1.165) is 47.4 Å². The van der Waals surface area contributed by atoms with Gasteiger partial charge in [0.05, 0.1) is 35.0 Å². The second kappa shape index (κ2) is 9.86. The SMILES string of the molecule is CC1(C)C(=O)N(c2ccc(C#N)c(C(F)(F)F)c2)C(=O)N1Cc1ccc(C(F)(F)F)cc1Nc1ccc(F)cc1. The summed E-state index contributed by atoms with van der Waals surface area (Å²) in [6.45, 7) is 2.29. The topological polar surface area (TPSA) is 76.4 Å². The summed E-state index contributed by atoms with van der Waals surface area (Å²) >= 11 is 0. The van der Waals surface area contributed by atoms with Crippen LogP contribution in [-0.4, -0.2) is 22.4 Å². The molecule has 4 rings (SSSR count). The number of alkyl halides is 6. The Bertz CT molecular complexity index is 1520. The number of imide groups is 1.